The Morgan fingerprint density at radius 3 is 2.63 bits per heavy atom. The van der Waals surface area contributed by atoms with Gasteiger partial charge in [-0.15, -0.1) is 0 Å². The Balaban J connectivity index is 1.87. The number of pyridine rings is 1. The molecule has 0 saturated carbocycles. The van der Waals surface area contributed by atoms with Crippen molar-refractivity contribution in [2.75, 3.05) is 6.54 Å². The summed E-state index contributed by atoms with van der Waals surface area (Å²) in [6.07, 6.45) is 4.48. The number of hydrogen-bond donors (Lipinski definition) is 2. The number of carbonyl (C=O) groups excluding carboxylic acids is 2. The van der Waals surface area contributed by atoms with Gasteiger partial charge in [0.05, 0.1) is 5.92 Å². The molecule has 102 valence electrons. The van der Waals surface area contributed by atoms with Gasteiger partial charge in [0.25, 0.3) is 0 Å². The SMILES string of the molecule is O=C1CCC(CNCc2c(Br)cncc2Br)C(=O)N1. The highest BCUT2D eigenvalue weighted by Gasteiger charge is 2.25. The van der Waals surface area contributed by atoms with Crippen LogP contribution in [0.2, 0.25) is 0 Å². The summed E-state index contributed by atoms with van der Waals surface area (Å²) in [4.78, 5) is 26.7. The molecular formula is C12H13Br2N3O2. The Labute approximate surface area is 127 Å². The maximum atomic E-state index is 11.6. The molecule has 2 rings (SSSR count). The fraction of sp³-hybridized carbons (Fsp3) is 0.417. The van der Waals surface area contributed by atoms with Crippen molar-refractivity contribution in [1.29, 1.82) is 0 Å². The molecule has 0 spiro atoms. The molecule has 19 heavy (non-hydrogen) atoms. The monoisotopic (exact) mass is 389 g/mol. The van der Waals surface area contributed by atoms with Gasteiger partial charge in [0, 0.05) is 40.8 Å². The molecule has 7 heteroatoms. The van der Waals surface area contributed by atoms with Crippen molar-refractivity contribution in [3.05, 3.63) is 26.9 Å². The Kier molecular flexibility index (Phi) is 5.06. The van der Waals surface area contributed by atoms with Gasteiger partial charge in [0.1, 0.15) is 0 Å². The molecule has 2 heterocycles. The molecule has 0 aliphatic carbocycles. The molecule has 1 aliphatic rings. The number of halogens is 2. The molecular weight excluding hydrogens is 378 g/mol. The lowest BCUT2D eigenvalue weighted by Crippen LogP contribution is -2.44. The molecule has 1 aromatic rings. The smallest absolute Gasteiger partial charge is 0.230 e. The topological polar surface area (TPSA) is 71.1 Å². The first-order valence-electron chi connectivity index (χ1n) is 5.90. The van der Waals surface area contributed by atoms with E-state index in [2.05, 4.69) is 47.5 Å². The van der Waals surface area contributed by atoms with Gasteiger partial charge in [-0.3, -0.25) is 19.9 Å². The van der Waals surface area contributed by atoms with Crippen LogP contribution < -0.4 is 10.6 Å². The molecule has 0 bridgehead atoms. The molecule has 1 saturated heterocycles. The van der Waals surface area contributed by atoms with Crippen LogP contribution in [0.15, 0.2) is 21.3 Å². The molecule has 2 N–H and O–H groups in total. The zero-order chi connectivity index (χ0) is 13.8. The number of rotatable bonds is 4. The van der Waals surface area contributed by atoms with E-state index < -0.39 is 0 Å². The van der Waals surface area contributed by atoms with Crippen LogP contribution in [0.4, 0.5) is 0 Å². The highest BCUT2D eigenvalue weighted by molar-refractivity contribution is 9.11. The van der Waals surface area contributed by atoms with Gasteiger partial charge < -0.3 is 5.32 Å². The highest BCUT2D eigenvalue weighted by Crippen LogP contribution is 2.23. The van der Waals surface area contributed by atoms with Crippen LogP contribution in [0.5, 0.6) is 0 Å². The van der Waals surface area contributed by atoms with Crippen molar-refractivity contribution in [3.63, 3.8) is 0 Å². The molecule has 1 unspecified atom stereocenters. The minimum absolute atomic E-state index is 0.142. The van der Waals surface area contributed by atoms with Crippen molar-refractivity contribution in [2.45, 2.75) is 19.4 Å². The number of imide groups is 1. The second kappa shape index (κ2) is 6.58. The third kappa shape index (κ3) is 3.84. The number of aromatic nitrogens is 1. The van der Waals surface area contributed by atoms with Gasteiger partial charge in [-0.2, -0.15) is 0 Å². The molecule has 1 aromatic heterocycles. The quantitative estimate of drug-likeness (QED) is 0.768. The summed E-state index contributed by atoms with van der Waals surface area (Å²) in [7, 11) is 0. The molecule has 1 atom stereocenters. The number of carbonyl (C=O) groups is 2. The summed E-state index contributed by atoms with van der Waals surface area (Å²) in [5.41, 5.74) is 1.06. The molecule has 0 aromatic carbocycles. The van der Waals surface area contributed by atoms with Crippen LogP contribution in [-0.4, -0.2) is 23.3 Å². The Bertz CT molecular complexity index is 487. The van der Waals surface area contributed by atoms with Crippen LogP contribution >= 0.6 is 31.9 Å². The van der Waals surface area contributed by atoms with Gasteiger partial charge in [-0.1, -0.05) is 0 Å². The fourth-order valence-electron chi connectivity index (χ4n) is 1.91. The van der Waals surface area contributed by atoms with E-state index in [9.17, 15) is 9.59 Å². The van der Waals surface area contributed by atoms with E-state index in [0.29, 0.717) is 25.9 Å². The first-order valence-corrected chi connectivity index (χ1v) is 7.49. The molecule has 1 aliphatic heterocycles. The number of nitrogens with one attached hydrogen (secondary N) is 2. The zero-order valence-electron chi connectivity index (χ0n) is 10.1. The summed E-state index contributed by atoms with van der Waals surface area (Å²) < 4.78 is 1.83. The average Bonchev–Trinajstić information content (AvgIpc) is 2.35. The number of piperidine rings is 1. The van der Waals surface area contributed by atoms with Crippen LogP contribution in [-0.2, 0) is 16.1 Å². The van der Waals surface area contributed by atoms with Crippen LogP contribution in [0.25, 0.3) is 0 Å². The minimum atomic E-state index is -0.184. The Morgan fingerprint density at radius 1 is 1.32 bits per heavy atom. The third-order valence-corrected chi connectivity index (χ3v) is 4.36. The molecule has 5 nitrogen and oxygen atoms in total. The van der Waals surface area contributed by atoms with Crippen molar-refractivity contribution in [2.24, 2.45) is 5.92 Å². The largest absolute Gasteiger partial charge is 0.312 e. The lowest BCUT2D eigenvalue weighted by atomic mass is 9.98. The lowest BCUT2D eigenvalue weighted by Gasteiger charge is -2.21. The van der Waals surface area contributed by atoms with Crippen LogP contribution in [0, 0.1) is 5.92 Å². The highest BCUT2D eigenvalue weighted by atomic mass is 79.9. The summed E-state index contributed by atoms with van der Waals surface area (Å²) >= 11 is 6.87. The van der Waals surface area contributed by atoms with E-state index in [1.165, 1.54) is 0 Å². The van der Waals surface area contributed by atoms with Gasteiger partial charge >= 0.3 is 0 Å². The second-order valence-corrected chi connectivity index (χ2v) is 6.07. The van der Waals surface area contributed by atoms with Gasteiger partial charge in [0.15, 0.2) is 0 Å². The molecule has 1 fully saturated rings. The Hall–Kier alpha value is -0.790. The van der Waals surface area contributed by atoms with Crippen LogP contribution in [0.3, 0.4) is 0 Å². The fourth-order valence-corrected chi connectivity index (χ4v) is 3.12. The summed E-state index contributed by atoms with van der Waals surface area (Å²) in [5, 5.41) is 5.59. The maximum Gasteiger partial charge on any atom is 0.230 e. The van der Waals surface area contributed by atoms with E-state index in [4.69, 9.17) is 0 Å². The summed E-state index contributed by atoms with van der Waals surface area (Å²) in [6.45, 7) is 1.18. The third-order valence-electron chi connectivity index (χ3n) is 3.00. The predicted octanol–water partition coefficient (Wildman–Crippen LogP) is 1.75. The number of amides is 2. The van der Waals surface area contributed by atoms with Crippen LogP contribution in [0.1, 0.15) is 18.4 Å². The maximum absolute atomic E-state index is 11.6. The van der Waals surface area contributed by atoms with Crippen molar-refractivity contribution in [1.82, 2.24) is 15.6 Å². The van der Waals surface area contributed by atoms with E-state index in [0.717, 1.165) is 14.5 Å². The summed E-state index contributed by atoms with van der Waals surface area (Å²) in [5.74, 6) is -0.505. The summed E-state index contributed by atoms with van der Waals surface area (Å²) in [6, 6.07) is 0. The second-order valence-electron chi connectivity index (χ2n) is 4.36. The molecule has 0 radical (unpaired) electrons. The minimum Gasteiger partial charge on any atom is -0.312 e. The molecule has 2 amide bonds. The number of nitrogens with zero attached hydrogens (tertiary/aromatic N) is 1. The first-order chi connectivity index (χ1) is 9.08. The van der Waals surface area contributed by atoms with Gasteiger partial charge in [-0.25, -0.2) is 0 Å². The van der Waals surface area contributed by atoms with E-state index in [1.807, 2.05) is 0 Å². The van der Waals surface area contributed by atoms with Crippen molar-refractivity contribution in [3.8, 4) is 0 Å². The first kappa shape index (κ1) is 14.6. The van der Waals surface area contributed by atoms with E-state index >= 15 is 0 Å². The lowest BCUT2D eigenvalue weighted by molar-refractivity contribution is -0.136. The Morgan fingerprint density at radius 2 is 2.00 bits per heavy atom. The standard InChI is InChI=1S/C12H13Br2N3O2/c13-9-5-16-6-10(14)8(9)4-15-3-7-1-2-11(18)17-12(7)19/h5-7,15H,1-4H2,(H,17,18,19). The normalized spacial score (nSPS) is 19.4. The van der Waals surface area contributed by atoms with Crippen molar-refractivity contribution >= 4 is 43.7 Å². The van der Waals surface area contributed by atoms with E-state index in [-0.39, 0.29) is 17.7 Å². The van der Waals surface area contributed by atoms with Crippen molar-refractivity contribution < 1.29 is 9.59 Å². The van der Waals surface area contributed by atoms with Gasteiger partial charge in [0.2, 0.25) is 11.8 Å². The predicted molar refractivity (Wildman–Crippen MR) is 77.2 cm³/mol. The zero-order valence-corrected chi connectivity index (χ0v) is 13.3. The number of hydrogen-bond acceptors (Lipinski definition) is 4. The average molecular weight is 391 g/mol. The van der Waals surface area contributed by atoms with Gasteiger partial charge in [-0.05, 0) is 43.8 Å². The van der Waals surface area contributed by atoms with E-state index in [1.54, 1.807) is 12.4 Å².